The average Bonchev–Trinajstić information content (AvgIpc) is 3.83. The maximum absolute atomic E-state index is 11.7. The molecule has 4 aromatic heterocycles. The van der Waals surface area contributed by atoms with Crippen LogP contribution < -0.4 is 10.6 Å². The topological polar surface area (TPSA) is 263 Å². The van der Waals surface area contributed by atoms with E-state index in [0.717, 1.165) is 0 Å². The Morgan fingerprint density at radius 2 is 1.17 bits per heavy atom. The highest BCUT2D eigenvalue weighted by atomic mass is 32.7. The zero-order valence-electron chi connectivity index (χ0n) is 24.6. The van der Waals surface area contributed by atoms with Crippen molar-refractivity contribution < 1.29 is 48.1 Å². The van der Waals surface area contributed by atoms with Crippen LogP contribution in [0, 0.1) is 0 Å². The maximum Gasteiger partial charge on any atom is 0.243 e. The van der Waals surface area contributed by atoms with Crippen molar-refractivity contribution in [2.75, 3.05) is 36.9 Å². The Balaban J connectivity index is 1.09. The molecule has 6 heterocycles. The Labute approximate surface area is 283 Å². The number of nitrogens with one attached hydrogen (secondary N) is 2. The van der Waals surface area contributed by atoms with Crippen molar-refractivity contribution in [1.29, 1.82) is 0 Å². The Bertz CT molecular complexity index is 1690. The first kappa shape index (κ1) is 35.1. The van der Waals surface area contributed by atoms with Crippen molar-refractivity contribution in [3.63, 3.8) is 0 Å². The van der Waals surface area contributed by atoms with Gasteiger partial charge in [-0.2, -0.15) is 0 Å². The van der Waals surface area contributed by atoms with E-state index in [1.54, 1.807) is 0 Å². The van der Waals surface area contributed by atoms with Gasteiger partial charge in [0.05, 0.1) is 25.9 Å². The number of rotatable bonds is 14. The second-order valence-electron chi connectivity index (χ2n) is 10.5. The molecule has 5 unspecified atom stereocenters. The fourth-order valence-corrected chi connectivity index (χ4v) is 7.19. The first-order chi connectivity index (χ1) is 23.2. The zero-order chi connectivity index (χ0) is 33.9. The van der Waals surface area contributed by atoms with Crippen LogP contribution in [0.5, 0.6) is 0 Å². The molecule has 20 nitrogen and oxygen atoms in total. The molecule has 2 aliphatic rings. The highest BCUT2D eigenvalue weighted by molar-refractivity contribution is 8.39. The van der Waals surface area contributed by atoms with Crippen molar-refractivity contribution in [1.82, 2.24) is 39.0 Å². The van der Waals surface area contributed by atoms with Crippen LogP contribution in [0.1, 0.15) is 12.5 Å². The third-order valence-corrected chi connectivity index (χ3v) is 9.25. The molecule has 0 aliphatic carbocycles. The van der Waals surface area contributed by atoms with Gasteiger partial charge in [-0.05, 0) is 0 Å². The van der Waals surface area contributed by atoms with Crippen molar-refractivity contribution in [3.8, 4) is 0 Å². The number of thiol groups is 2. The summed E-state index contributed by atoms with van der Waals surface area (Å²) in [5.41, 5.74) is 1.53. The molecule has 0 radical (unpaired) electrons. The van der Waals surface area contributed by atoms with E-state index in [-0.39, 0.29) is 0 Å². The molecule has 4 aromatic rings. The minimum absolute atomic E-state index is 0.357. The van der Waals surface area contributed by atoms with Crippen LogP contribution in [0.25, 0.3) is 22.3 Å². The summed E-state index contributed by atoms with van der Waals surface area (Å²) >= 11 is 7.63. The summed E-state index contributed by atoms with van der Waals surface area (Å²) in [6.45, 7) is -0.239. The molecule has 2 fully saturated rings. The molecule has 0 amide bonds. The van der Waals surface area contributed by atoms with E-state index in [4.69, 9.17) is 18.5 Å². The standard InChI is InChI=1S/C24H32N10O10P2S2/c35-5-11-15(37)17(43-45(39)47)23(41-11)33-9-31-13-19(27-7-29-21(13)33)25-3-1-2-4-26-20-14-22(30-8-28-20)34(10-32-14)24-18(44-46(40)48)16(38)12(6-36)42-24/h1-2,7-12,15-18,23-24,35-38,45-46H,3-6H2,(H,39,47)(H,40,48)(H,25,27,29)(H,26,28,30)/b2-1+/t11?,12?,15-,16-,17-,18-,23-,24?/m1/s1. The van der Waals surface area contributed by atoms with E-state index in [9.17, 15) is 29.6 Å². The third-order valence-electron chi connectivity index (χ3n) is 7.67. The lowest BCUT2D eigenvalue weighted by atomic mass is 10.1. The molecule has 0 saturated carbocycles. The molecular formula is C24H32N10O10P2S2. The van der Waals surface area contributed by atoms with E-state index in [0.29, 0.717) is 47.1 Å². The van der Waals surface area contributed by atoms with Crippen molar-refractivity contribution in [3.05, 3.63) is 37.5 Å². The minimum Gasteiger partial charge on any atom is -0.394 e. The predicted octanol–water partition coefficient (Wildman–Crippen LogP) is -0.0432. The Kier molecular flexibility index (Phi) is 11.3. The third kappa shape index (κ3) is 7.11. The molecule has 260 valence electrons. The smallest absolute Gasteiger partial charge is 0.243 e. The Morgan fingerprint density at radius 3 is 1.54 bits per heavy atom. The van der Waals surface area contributed by atoms with Gasteiger partial charge in [-0.3, -0.25) is 18.3 Å². The fourth-order valence-electron chi connectivity index (χ4n) is 5.49. The average molecular weight is 747 g/mol. The van der Waals surface area contributed by atoms with Gasteiger partial charge in [-0.15, -0.1) is 0 Å². The molecular weight excluding hydrogens is 714 g/mol. The van der Waals surface area contributed by atoms with Gasteiger partial charge in [0.1, 0.15) is 49.3 Å². The molecule has 0 aromatic carbocycles. The molecule has 2 aliphatic heterocycles. The minimum atomic E-state index is -2.74. The van der Waals surface area contributed by atoms with Crippen molar-refractivity contribution in [2.24, 2.45) is 0 Å². The van der Waals surface area contributed by atoms with Gasteiger partial charge in [0, 0.05) is 13.1 Å². The van der Waals surface area contributed by atoms with E-state index in [1.165, 1.54) is 34.4 Å². The lowest BCUT2D eigenvalue weighted by Gasteiger charge is -2.20. The van der Waals surface area contributed by atoms with Crippen molar-refractivity contribution in [2.45, 2.75) is 49.1 Å². The zero-order valence-corrected chi connectivity index (χ0v) is 28.4. The van der Waals surface area contributed by atoms with E-state index in [2.05, 4.69) is 65.0 Å². The first-order valence-corrected chi connectivity index (χ1v) is 19.6. The number of aliphatic hydroxyl groups excluding tert-OH is 4. The summed E-state index contributed by atoms with van der Waals surface area (Å²) < 4.78 is 48.6. The second kappa shape index (κ2) is 15.4. The molecule has 10 atom stereocenters. The number of imidazole rings is 2. The summed E-state index contributed by atoms with van der Waals surface area (Å²) in [4.78, 5) is 25.9. The Hall–Kier alpha value is -2.72. The summed E-state index contributed by atoms with van der Waals surface area (Å²) in [5, 5.41) is 46.5. The predicted molar refractivity (Wildman–Crippen MR) is 176 cm³/mol. The molecule has 0 spiro atoms. The van der Waals surface area contributed by atoms with Crippen LogP contribution in [-0.4, -0.2) is 122 Å². The van der Waals surface area contributed by atoms with Gasteiger partial charge >= 0.3 is 0 Å². The van der Waals surface area contributed by atoms with Gasteiger partial charge in [-0.25, -0.2) is 29.9 Å². The molecule has 24 heteroatoms. The SMILES string of the molecule is O=[PH](S)O[C@@H]1[C@H](O)C(CO)O[C@H]1n1cnc2c(NC/C=C/CNc3ncnc4c3ncn4C3OC(CO)[C@@H](O)[C@H]3O[PH](=O)S)ncnc21. The number of fused-ring (bicyclic) bond motifs is 2. The summed E-state index contributed by atoms with van der Waals surface area (Å²) in [6.07, 6.45) is 0.678. The summed E-state index contributed by atoms with van der Waals surface area (Å²) in [6, 6.07) is 0. The van der Waals surface area contributed by atoms with E-state index < -0.39 is 76.8 Å². The second-order valence-corrected chi connectivity index (χ2v) is 14.2. The van der Waals surface area contributed by atoms with Gasteiger partial charge in [0.2, 0.25) is 14.5 Å². The van der Waals surface area contributed by atoms with Gasteiger partial charge in [-0.1, -0.05) is 36.6 Å². The fraction of sp³-hybridized carbons (Fsp3) is 0.500. The molecule has 2 saturated heterocycles. The van der Waals surface area contributed by atoms with Gasteiger partial charge in [0.15, 0.2) is 46.4 Å². The largest absolute Gasteiger partial charge is 0.394 e. The highest BCUT2D eigenvalue weighted by Gasteiger charge is 2.47. The lowest BCUT2D eigenvalue weighted by molar-refractivity contribution is -0.0481. The normalized spacial score (nSPS) is 28.9. The molecule has 6 N–H and O–H groups in total. The quantitative estimate of drug-likeness (QED) is 0.0478. The summed E-state index contributed by atoms with van der Waals surface area (Å²) in [5.74, 6) is 0.843. The van der Waals surface area contributed by atoms with Crippen molar-refractivity contribution >= 4 is 72.9 Å². The number of aliphatic hydroxyl groups is 4. The van der Waals surface area contributed by atoms with Crippen LogP contribution in [0.4, 0.5) is 11.6 Å². The maximum atomic E-state index is 11.7. The van der Waals surface area contributed by atoms with E-state index >= 15 is 0 Å². The number of aromatic nitrogens is 8. The highest BCUT2D eigenvalue weighted by Crippen LogP contribution is 2.42. The summed E-state index contributed by atoms with van der Waals surface area (Å²) in [7, 11) is -5.48. The molecule has 6 rings (SSSR count). The Morgan fingerprint density at radius 1 is 0.750 bits per heavy atom. The van der Waals surface area contributed by atoms with Crippen LogP contribution in [-0.2, 0) is 27.7 Å². The lowest BCUT2D eigenvalue weighted by Crippen LogP contribution is -2.34. The number of anilines is 2. The monoisotopic (exact) mass is 746 g/mol. The van der Waals surface area contributed by atoms with Crippen LogP contribution >= 0.6 is 39.0 Å². The number of hydrogen-bond donors (Lipinski definition) is 8. The molecule has 48 heavy (non-hydrogen) atoms. The van der Waals surface area contributed by atoms with E-state index in [1.807, 2.05) is 12.2 Å². The van der Waals surface area contributed by atoms with Crippen LogP contribution in [0.15, 0.2) is 37.5 Å². The number of nitrogens with zero attached hydrogens (tertiary/aromatic N) is 8. The number of hydrogen-bond acceptors (Lipinski definition) is 18. The van der Waals surface area contributed by atoms with Crippen LogP contribution in [0.2, 0.25) is 0 Å². The molecule has 0 bridgehead atoms. The van der Waals surface area contributed by atoms with Gasteiger partial charge < -0.3 is 49.6 Å². The van der Waals surface area contributed by atoms with Gasteiger partial charge in [0.25, 0.3) is 0 Å². The number of ether oxygens (including phenoxy) is 2. The first-order valence-electron chi connectivity index (χ1n) is 14.4. The van der Waals surface area contributed by atoms with Crippen LogP contribution in [0.3, 0.4) is 0 Å².